The Balaban J connectivity index is 1.95. The Morgan fingerprint density at radius 1 is 1.26 bits per heavy atom. The molecule has 0 amide bonds. The number of hydrogen-bond acceptors (Lipinski definition) is 6. The summed E-state index contributed by atoms with van der Waals surface area (Å²) < 4.78 is 10.9. The van der Waals surface area contributed by atoms with Crippen molar-refractivity contribution in [2.24, 2.45) is 0 Å². The Kier molecular flexibility index (Phi) is 4.93. The lowest BCUT2D eigenvalue weighted by Gasteiger charge is -2.30. The van der Waals surface area contributed by atoms with Crippen LogP contribution in [0.3, 0.4) is 0 Å². The molecular formula is C17H24N4O2. The quantitative estimate of drug-likeness (QED) is 0.839. The second-order valence-electron chi connectivity index (χ2n) is 5.88. The Labute approximate surface area is 137 Å². The zero-order chi connectivity index (χ0) is 16.2. The first-order valence-corrected chi connectivity index (χ1v) is 8.06. The van der Waals surface area contributed by atoms with E-state index in [1.165, 1.54) is 0 Å². The lowest BCUT2D eigenvalue weighted by Crippen LogP contribution is -2.37. The second-order valence-corrected chi connectivity index (χ2v) is 5.88. The summed E-state index contributed by atoms with van der Waals surface area (Å²) in [5.74, 6) is 2.42. The van der Waals surface area contributed by atoms with Crippen LogP contribution in [0, 0.1) is 6.92 Å². The molecule has 2 aliphatic heterocycles. The van der Waals surface area contributed by atoms with Gasteiger partial charge in [0.25, 0.3) is 0 Å². The number of allylic oxidation sites excluding steroid dienone is 2. The molecule has 1 atom stereocenters. The second kappa shape index (κ2) is 7.10. The third kappa shape index (κ3) is 3.54. The molecule has 3 heterocycles. The molecule has 6 heteroatoms. The summed E-state index contributed by atoms with van der Waals surface area (Å²) >= 11 is 0. The zero-order valence-corrected chi connectivity index (χ0v) is 13.7. The molecule has 0 spiro atoms. The van der Waals surface area contributed by atoms with Gasteiger partial charge in [-0.25, -0.2) is 9.97 Å². The fraction of sp³-hybridized carbons (Fsp3) is 0.529. The van der Waals surface area contributed by atoms with Crippen molar-refractivity contribution in [3.63, 3.8) is 0 Å². The molecule has 124 valence electrons. The molecule has 23 heavy (non-hydrogen) atoms. The van der Waals surface area contributed by atoms with E-state index < -0.39 is 0 Å². The van der Waals surface area contributed by atoms with E-state index in [1.54, 1.807) is 6.08 Å². The topological polar surface area (TPSA) is 59.5 Å². The highest BCUT2D eigenvalue weighted by molar-refractivity contribution is 5.71. The van der Waals surface area contributed by atoms with Crippen LogP contribution in [-0.2, 0) is 9.47 Å². The minimum absolute atomic E-state index is 0.297. The van der Waals surface area contributed by atoms with Gasteiger partial charge >= 0.3 is 0 Å². The van der Waals surface area contributed by atoms with Crippen LogP contribution in [-0.4, -0.2) is 55.5 Å². The van der Waals surface area contributed by atoms with Gasteiger partial charge in [-0.3, -0.25) is 0 Å². The van der Waals surface area contributed by atoms with Gasteiger partial charge in [0.15, 0.2) is 5.82 Å². The molecule has 0 aliphatic carbocycles. The zero-order valence-electron chi connectivity index (χ0n) is 13.7. The largest absolute Gasteiger partial charge is 0.379 e. The van der Waals surface area contributed by atoms with Crippen molar-refractivity contribution in [3.05, 3.63) is 30.6 Å². The Morgan fingerprint density at radius 2 is 2.04 bits per heavy atom. The summed E-state index contributed by atoms with van der Waals surface area (Å²) in [6.07, 6.45) is 2.68. The average Bonchev–Trinajstić information content (AvgIpc) is 3.10. The Bertz CT molecular complexity index is 591. The average molecular weight is 316 g/mol. The van der Waals surface area contributed by atoms with Crippen molar-refractivity contribution in [2.75, 3.05) is 49.7 Å². The van der Waals surface area contributed by atoms with Gasteiger partial charge in [0, 0.05) is 30.8 Å². The maximum Gasteiger partial charge on any atom is 0.163 e. The van der Waals surface area contributed by atoms with Crippen molar-refractivity contribution < 1.29 is 9.47 Å². The van der Waals surface area contributed by atoms with Crippen LogP contribution in [0.1, 0.15) is 17.8 Å². The van der Waals surface area contributed by atoms with Gasteiger partial charge in [-0.15, -0.1) is 0 Å². The highest BCUT2D eigenvalue weighted by Gasteiger charge is 2.22. The van der Waals surface area contributed by atoms with E-state index in [9.17, 15) is 0 Å². The number of nitrogens with zero attached hydrogens (tertiary/aromatic N) is 3. The standard InChI is InChI=1S/C17H24N4O2/c1-4-12(2)15-19-16(18-14-5-8-23-11-14)13(3)17(20-15)21-6-9-22-10-7-21/h4,14H,1-2,5-11H2,3H3,(H,18,19,20)/t14-/m1/s1. The first-order chi connectivity index (χ1) is 11.2. The van der Waals surface area contributed by atoms with Crippen molar-refractivity contribution in [3.8, 4) is 0 Å². The number of hydrogen-bond donors (Lipinski definition) is 1. The molecule has 1 aromatic rings. The summed E-state index contributed by atoms with van der Waals surface area (Å²) in [5, 5.41) is 3.50. The molecule has 2 fully saturated rings. The number of rotatable bonds is 5. The molecular weight excluding hydrogens is 292 g/mol. The lowest BCUT2D eigenvalue weighted by molar-refractivity contribution is 0.122. The van der Waals surface area contributed by atoms with E-state index in [0.717, 1.165) is 62.1 Å². The minimum Gasteiger partial charge on any atom is -0.379 e. The van der Waals surface area contributed by atoms with E-state index in [1.807, 2.05) is 0 Å². The molecule has 2 aliphatic rings. The summed E-state index contributed by atoms with van der Waals surface area (Å²) in [7, 11) is 0. The lowest BCUT2D eigenvalue weighted by atomic mass is 10.2. The van der Waals surface area contributed by atoms with Crippen LogP contribution in [0.5, 0.6) is 0 Å². The van der Waals surface area contributed by atoms with Gasteiger partial charge in [0.2, 0.25) is 0 Å². The first kappa shape index (κ1) is 16.0. The van der Waals surface area contributed by atoms with E-state index >= 15 is 0 Å². The maximum absolute atomic E-state index is 5.45. The SMILES string of the molecule is C=CC(=C)c1nc(N[C@@H]2CCOC2)c(C)c(N2CCOCC2)n1. The molecule has 0 unspecified atom stereocenters. The molecule has 1 N–H and O–H groups in total. The maximum atomic E-state index is 5.45. The van der Waals surface area contributed by atoms with Gasteiger partial charge in [0.05, 0.1) is 25.9 Å². The number of anilines is 2. The molecule has 0 radical (unpaired) electrons. The minimum atomic E-state index is 0.297. The predicted octanol–water partition coefficient (Wildman–Crippen LogP) is 2.02. The Morgan fingerprint density at radius 3 is 2.70 bits per heavy atom. The Hall–Kier alpha value is -1.92. The molecule has 3 rings (SSSR count). The van der Waals surface area contributed by atoms with E-state index in [-0.39, 0.29) is 0 Å². The van der Waals surface area contributed by atoms with E-state index in [4.69, 9.17) is 14.5 Å². The number of aromatic nitrogens is 2. The van der Waals surface area contributed by atoms with Crippen molar-refractivity contribution in [1.82, 2.24) is 9.97 Å². The predicted molar refractivity (Wildman–Crippen MR) is 91.9 cm³/mol. The van der Waals surface area contributed by atoms with Gasteiger partial charge in [-0.2, -0.15) is 0 Å². The van der Waals surface area contributed by atoms with Crippen molar-refractivity contribution >= 4 is 17.2 Å². The molecule has 0 aromatic carbocycles. The number of morpholine rings is 1. The van der Waals surface area contributed by atoms with Gasteiger partial charge in [0.1, 0.15) is 11.6 Å². The molecule has 0 saturated carbocycles. The van der Waals surface area contributed by atoms with Crippen LogP contribution >= 0.6 is 0 Å². The fourth-order valence-corrected chi connectivity index (χ4v) is 2.80. The third-order valence-corrected chi connectivity index (χ3v) is 4.23. The monoisotopic (exact) mass is 316 g/mol. The summed E-state index contributed by atoms with van der Waals surface area (Å²) in [6.45, 7) is 14.5. The highest BCUT2D eigenvalue weighted by Crippen LogP contribution is 2.27. The summed E-state index contributed by atoms with van der Waals surface area (Å²) in [4.78, 5) is 11.6. The van der Waals surface area contributed by atoms with E-state index in [0.29, 0.717) is 18.5 Å². The highest BCUT2D eigenvalue weighted by atomic mass is 16.5. The fourth-order valence-electron chi connectivity index (χ4n) is 2.80. The van der Waals surface area contributed by atoms with Crippen LogP contribution in [0.15, 0.2) is 19.2 Å². The van der Waals surface area contributed by atoms with Crippen molar-refractivity contribution in [2.45, 2.75) is 19.4 Å². The van der Waals surface area contributed by atoms with Crippen LogP contribution in [0.4, 0.5) is 11.6 Å². The smallest absolute Gasteiger partial charge is 0.163 e. The first-order valence-electron chi connectivity index (χ1n) is 8.06. The molecule has 1 aromatic heterocycles. The van der Waals surface area contributed by atoms with Gasteiger partial charge < -0.3 is 19.7 Å². The molecule has 6 nitrogen and oxygen atoms in total. The van der Waals surface area contributed by atoms with E-state index in [2.05, 4.69) is 35.3 Å². The number of ether oxygens (including phenoxy) is 2. The van der Waals surface area contributed by atoms with Crippen LogP contribution in [0.2, 0.25) is 0 Å². The van der Waals surface area contributed by atoms with Gasteiger partial charge in [-0.05, 0) is 13.3 Å². The molecule has 0 bridgehead atoms. The normalized spacial score (nSPS) is 21.3. The van der Waals surface area contributed by atoms with Crippen LogP contribution in [0.25, 0.3) is 5.57 Å². The summed E-state index contributed by atoms with van der Waals surface area (Å²) in [5.41, 5.74) is 1.78. The molecule has 2 saturated heterocycles. The van der Waals surface area contributed by atoms with Gasteiger partial charge in [-0.1, -0.05) is 19.2 Å². The summed E-state index contributed by atoms with van der Waals surface area (Å²) in [6, 6.07) is 0.297. The third-order valence-electron chi connectivity index (χ3n) is 4.23. The van der Waals surface area contributed by atoms with Crippen molar-refractivity contribution in [1.29, 1.82) is 0 Å². The number of nitrogens with one attached hydrogen (secondary N) is 1. The van der Waals surface area contributed by atoms with Crippen LogP contribution < -0.4 is 10.2 Å².